The van der Waals surface area contributed by atoms with Crippen molar-refractivity contribution in [1.29, 1.82) is 0 Å². The molecule has 1 aliphatic rings. The zero-order chi connectivity index (χ0) is 17.5. The average Bonchev–Trinajstić information content (AvgIpc) is 2.85. The van der Waals surface area contributed by atoms with Crippen molar-refractivity contribution < 1.29 is 4.43 Å². The molecule has 24 heavy (non-hydrogen) atoms. The quantitative estimate of drug-likeness (QED) is 0.490. The lowest BCUT2D eigenvalue weighted by Crippen LogP contribution is -2.41. The van der Waals surface area contributed by atoms with Gasteiger partial charge in [0, 0.05) is 11.5 Å². The number of fused-ring (bicyclic) bond motifs is 3. The molecule has 0 aliphatic heterocycles. The van der Waals surface area contributed by atoms with Crippen LogP contribution in [-0.4, -0.2) is 24.9 Å². The Labute approximate surface area is 154 Å². The Morgan fingerprint density at radius 2 is 2.08 bits per heavy atom. The maximum Gasteiger partial charge on any atom is 0.191 e. The number of aryl methyl sites for hydroxylation is 1. The minimum atomic E-state index is -1.64. The van der Waals surface area contributed by atoms with Gasteiger partial charge in [0.2, 0.25) is 0 Å². The summed E-state index contributed by atoms with van der Waals surface area (Å²) < 4.78 is 6.37. The SMILES string of the molecule is CC(C)(C)[Si](C)(C)OCC[C@@H]1CCc2sc3ncnc(Cl)c3c2C1. The van der Waals surface area contributed by atoms with Crippen molar-refractivity contribution in [1.82, 2.24) is 9.97 Å². The van der Waals surface area contributed by atoms with Crippen LogP contribution in [0.15, 0.2) is 6.33 Å². The van der Waals surface area contributed by atoms with E-state index in [9.17, 15) is 0 Å². The van der Waals surface area contributed by atoms with Gasteiger partial charge in [-0.15, -0.1) is 11.3 Å². The molecule has 2 aromatic heterocycles. The molecule has 0 radical (unpaired) electrons. The van der Waals surface area contributed by atoms with Gasteiger partial charge in [-0.1, -0.05) is 32.4 Å². The van der Waals surface area contributed by atoms with E-state index in [4.69, 9.17) is 16.0 Å². The second-order valence-electron chi connectivity index (χ2n) is 8.35. The van der Waals surface area contributed by atoms with Crippen molar-refractivity contribution in [2.75, 3.05) is 6.61 Å². The lowest BCUT2D eigenvalue weighted by atomic mass is 9.85. The van der Waals surface area contributed by atoms with Crippen LogP contribution in [0.3, 0.4) is 0 Å². The van der Waals surface area contributed by atoms with Crippen LogP contribution in [0, 0.1) is 5.92 Å². The van der Waals surface area contributed by atoms with E-state index in [0.717, 1.165) is 36.1 Å². The fourth-order valence-electron chi connectivity index (χ4n) is 3.09. The number of halogens is 1. The molecule has 0 unspecified atom stereocenters. The van der Waals surface area contributed by atoms with Crippen LogP contribution < -0.4 is 0 Å². The summed E-state index contributed by atoms with van der Waals surface area (Å²) in [5, 5.41) is 1.98. The first-order valence-corrected chi connectivity index (χ1v) is 12.8. The molecule has 0 spiro atoms. The smallest absolute Gasteiger partial charge is 0.191 e. The molecule has 1 atom stereocenters. The van der Waals surface area contributed by atoms with Gasteiger partial charge in [-0.05, 0) is 55.3 Å². The second kappa shape index (κ2) is 6.67. The number of rotatable bonds is 4. The maximum absolute atomic E-state index is 6.37. The van der Waals surface area contributed by atoms with Gasteiger partial charge in [-0.2, -0.15) is 0 Å². The first-order chi connectivity index (χ1) is 11.2. The van der Waals surface area contributed by atoms with Gasteiger partial charge in [0.15, 0.2) is 8.32 Å². The van der Waals surface area contributed by atoms with Crippen molar-refractivity contribution in [3.8, 4) is 0 Å². The lowest BCUT2D eigenvalue weighted by Gasteiger charge is -2.36. The van der Waals surface area contributed by atoms with Crippen LogP contribution in [-0.2, 0) is 17.3 Å². The third-order valence-electron chi connectivity index (χ3n) is 5.69. The van der Waals surface area contributed by atoms with Crippen LogP contribution in [0.25, 0.3) is 10.2 Å². The minimum absolute atomic E-state index is 0.279. The van der Waals surface area contributed by atoms with E-state index in [1.54, 1.807) is 17.7 Å². The predicted octanol–water partition coefficient (Wildman–Crippen LogP) is 5.86. The highest BCUT2D eigenvalue weighted by atomic mass is 35.5. The molecule has 0 amide bonds. The predicted molar refractivity (Wildman–Crippen MR) is 106 cm³/mol. The number of nitrogens with zero attached hydrogens (tertiary/aromatic N) is 2. The summed E-state index contributed by atoms with van der Waals surface area (Å²) in [5.41, 5.74) is 1.39. The molecule has 0 aromatic carbocycles. The highest BCUT2D eigenvalue weighted by Crippen LogP contribution is 2.41. The van der Waals surface area contributed by atoms with Crippen LogP contribution in [0.1, 0.15) is 44.1 Å². The Kier molecular flexibility index (Phi) is 5.09. The van der Waals surface area contributed by atoms with Gasteiger partial charge in [0.25, 0.3) is 0 Å². The van der Waals surface area contributed by atoms with Crippen LogP contribution in [0.2, 0.25) is 23.3 Å². The van der Waals surface area contributed by atoms with Crippen LogP contribution >= 0.6 is 22.9 Å². The molecule has 2 heterocycles. The third kappa shape index (κ3) is 3.55. The summed E-state index contributed by atoms with van der Waals surface area (Å²) in [6, 6.07) is 0. The van der Waals surface area contributed by atoms with E-state index in [1.807, 2.05) is 0 Å². The molecular formula is C18H27ClN2OSSi. The van der Waals surface area contributed by atoms with Gasteiger partial charge in [0.05, 0.1) is 5.39 Å². The van der Waals surface area contributed by atoms with Gasteiger partial charge >= 0.3 is 0 Å². The topological polar surface area (TPSA) is 35.0 Å². The monoisotopic (exact) mass is 382 g/mol. The Hall–Kier alpha value is -0.493. The average molecular weight is 383 g/mol. The number of hydrogen-bond donors (Lipinski definition) is 0. The van der Waals surface area contributed by atoms with E-state index in [1.165, 1.54) is 16.9 Å². The summed E-state index contributed by atoms with van der Waals surface area (Å²) in [7, 11) is -1.64. The molecule has 1 aliphatic carbocycles. The largest absolute Gasteiger partial charge is 0.417 e. The summed E-state index contributed by atoms with van der Waals surface area (Å²) >= 11 is 8.12. The van der Waals surface area contributed by atoms with Gasteiger partial charge in [0.1, 0.15) is 16.3 Å². The summed E-state index contributed by atoms with van der Waals surface area (Å²) in [5.74, 6) is 0.677. The maximum atomic E-state index is 6.37. The molecule has 0 saturated heterocycles. The summed E-state index contributed by atoms with van der Waals surface area (Å²) in [6.45, 7) is 12.4. The van der Waals surface area contributed by atoms with Gasteiger partial charge in [-0.25, -0.2) is 9.97 Å². The standard InChI is InChI=1S/C18H27ClN2OSSi/c1-18(2,3)24(4,5)22-9-8-12-6-7-14-13(10-12)15-16(19)20-11-21-17(15)23-14/h11-12H,6-10H2,1-5H3/t12-/m0/s1. The van der Waals surface area contributed by atoms with Crippen LogP contribution in [0.4, 0.5) is 0 Å². The van der Waals surface area contributed by atoms with E-state index >= 15 is 0 Å². The third-order valence-corrected chi connectivity index (χ3v) is 11.7. The second-order valence-corrected chi connectivity index (χ2v) is 14.6. The first-order valence-electron chi connectivity index (χ1n) is 8.74. The highest BCUT2D eigenvalue weighted by Gasteiger charge is 2.37. The van der Waals surface area contributed by atoms with E-state index in [-0.39, 0.29) is 5.04 Å². The minimum Gasteiger partial charge on any atom is -0.417 e. The zero-order valence-corrected chi connectivity index (χ0v) is 17.9. The van der Waals surface area contributed by atoms with Crippen LogP contribution in [0.5, 0.6) is 0 Å². The molecule has 0 N–H and O–H groups in total. The Morgan fingerprint density at radius 1 is 1.33 bits per heavy atom. The van der Waals surface area contributed by atoms with Crippen molar-refractivity contribution in [2.24, 2.45) is 5.92 Å². The Bertz CT molecular complexity index is 738. The summed E-state index contributed by atoms with van der Waals surface area (Å²) in [6.07, 6.45) is 6.16. The molecule has 0 saturated carbocycles. The fourth-order valence-corrected chi connectivity index (χ4v) is 5.63. The molecule has 3 rings (SSSR count). The Balaban J connectivity index is 1.67. The molecule has 6 heteroatoms. The molecule has 0 fully saturated rings. The van der Waals surface area contributed by atoms with E-state index < -0.39 is 8.32 Å². The molecule has 2 aromatic rings. The van der Waals surface area contributed by atoms with Crippen molar-refractivity contribution in [3.05, 3.63) is 21.9 Å². The first kappa shape index (κ1) is 18.3. The lowest BCUT2D eigenvalue weighted by molar-refractivity contribution is 0.247. The Morgan fingerprint density at radius 3 is 2.79 bits per heavy atom. The number of aromatic nitrogens is 2. The fraction of sp³-hybridized carbons (Fsp3) is 0.667. The number of hydrogen-bond acceptors (Lipinski definition) is 4. The zero-order valence-electron chi connectivity index (χ0n) is 15.3. The van der Waals surface area contributed by atoms with E-state index in [2.05, 4.69) is 43.8 Å². The molecule has 3 nitrogen and oxygen atoms in total. The van der Waals surface area contributed by atoms with Gasteiger partial charge in [-0.3, -0.25) is 0 Å². The normalized spacial score (nSPS) is 18.8. The highest BCUT2D eigenvalue weighted by molar-refractivity contribution is 7.19. The van der Waals surface area contributed by atoms with Crippen molar-refractivity contribution in [2.45, 2.75) is 64.6 Å². The van der Waals surface area contributed by atoms with E-state index in [0.29, 0.717) is 11.1 Å². The number of thiophene rings is 1. The molecular weight excluding hydrogens is 356 g/mol. The van der Waals surface area contributed by atoms with Crippen molar-refractivity contribution >= 4 is 41.5 Å². The summed E-state index contributed by atoms with van der Waals surface area (Å²) in [4.78, 5) is 11.1. The molecule has 0 bridgehead atoms. The molecule has 132 valence electrons. The van der Waals surface area contributed by atoms with Crippen molar-refractivity contribution in [3.63, 3.8) is 0 Å². The van der Waals surface area contributed by atoms with Gasteiger partial charge < -0.3 is 4.43 Å².